The number of hydrogen-bond donors (Lipinski definition) is 0. The number of benzene rings is 2. The highest BCUT2D eigenvalue weighted by Crippen LogP contribution is 2.35. The van der Waals surface area contributed by atoms with Gasteiger partial charge in [0.25, 0.3) is 6.16 Å². The fourth-order valence-corrected chi connectivity index (χ4v) is 2.50. The topological polar surface area (TPSA) is 75.7 Å². The second-order valence-electron chi connectivity index (χ2n) is 5.98. The number of rotatable bonds is 7. The molecule has 0 radical (unpaired) electrons. The lowest BCUT2D eigenvalue weighted by atomic mass is 10.0. The van der Waals surface area contributed by atoms with Crippen LogP contribution in [0.25, 0.3) is 11.1 Å². The average molecular weight is 395 g/mol. The molecule has 0 saturated carbocycles. The lowest BCUT2D eigenvalue weighted by Gasteiger charge is -2.16. The Morgan fingerprint density at radius 1 is 1.04 bits per heavy atom. The van der Waals surface area contributed by atoms with E-state index in [1.807, 2.05) is 6.92 Å². The van der Waals surface area contributed by atoms with Crippen LogP contribution in [0.15, 0.2) is 42.5 Å². The number of carbonyl (C=O) groups is 2. The summed E-state index contributed by atoms with van der Waals surface area (Å²) in [6.45, 7) is 2.24. The van der Waals surface area contributed by atoms with E-state index in [4.69, 9.17) is 4.74 Å². The standard InChI is InChI=1S/C20H19F3O5/c1-2-3-4-11-27-18(24)14-7-10-17(28-19(25)26)16(12-14)13-5-8-15(9-6-13)20(21,22)23/h5-10,12H,2-4,11H2,1H3,(H,25,26)/p-1. The first kappa shape index (κ1) is 21.3. The quantitative estimate of drug-likeness (QED) is 0.394. The van der Waals surface area contributed by atoms with Gasteiger partial charge in [-0.3, -0.25) is 0 Å². The molecule has 0 bridgehead atoms. The third kappa shape index (κ3) is 5.73. The number of hydrogen-bond acceptors (Lipinski definition) is 5. The lowest BCUT2D eigenvalue weighted by molar-refractivity contribution is -0.271. The molecular formula is C20H18F3O5-. The molecule has 150 valence electrons. The molecule has 28 heavy (non-hydrogen) atoms. The fourth-order valence-electron chi connectivity index (χ4n) is 2.50. The first-order valence-electron chi connectivity index (χ1n) is 8.60. The molecule has 5 nitrogen and oxygen atoms in total. The molecule has 0 aliphatic heterocycles. The van der Waals surface area contributed by atoms with E-state index in [-0.39, 0.29) is 29.0 Å². The number of ether oxygens (including phenoxy) is 2. The maximum Gasteiger partial charge on any atom is 0.416 e. The van der Waals surface area contributed by atoms with Crippen molar-refractivity contribution in [2.45, 2.75) is 32.4 Å². The van der Waals surface area contributed by atoms with Gasteiger partial charge in [-0.15, -0.1) is 0 Å². The smallest absolute Gasteiger partial charge is 0.416 e. The van der Waals surface area contributed by atoms with Crippen molar-refractivity contribution >= 4 is 12.1 Å². The molecule has 0 unspecified atom stereocenters. The molecule has 0 fully saturated rings. The maximum atomic E-state index is 12.7. The van der Waals surface area contributed by atoms with Gasteiger partial charge in [0.1, 0.15) is 0 Å². The molecule has 0 amide bonds. The summed E-state index contributed by atoms with van der Waals surface area (Å²) in [6.07, 6.45) is -3.76. The number of carboxylic acid groups (broad SMARTS) is 1. The van der Waals surface area contributed by atoms with Gasteiger partial charge in [0.2, 0.25) is 0 Å². The highest BCUT2D eigenvalue weighted by molar-refractivity contribution is 5.92. The van der Waals surface area contributed by atoms with Crippen LogP contribution in [-0.2, 0) is 10.9 Å². The van der Waals surface area contributed by atoms with Gasteiger partial charge in [-0.1, -0.05) is 31.9 Å². The van der Waals surface area contributed by atoms with Gasteiger partial charge in [-0.05, 0) is 42.3 Å². The summed E-state index contributed by atoms with van der Waals surface area (Å²) < 4.78 is 48.0. The normalized spacial score (nSPS) is 11.1. The van der Waals surface area contributed by atoms with Gasteiger partial charge < -0.3 is 19.4 Å². The Hall–Kier alpha value is -3.03. The summed E-state index contributed by atoms with van der Waals surface area (Å²) >= 11 is 0. The Kier molecular flexibility index (Phi) is 7.03. The van der Waals surface area contributed by atoms with Gasteiger partial charge in [0.15, 0.2) is 0 Å². The molecule has 2 aromatic carbocycles. The molecule has 8 heteroatoms. The third-order valence-electron chi connectivity index (χ3n) is 3.91. The third-order valence-corrected chi connectivity index (χ3v) is 3.91. The molecule has 0 spiro atoms. The van der Waals surface area contributed by atoms with E-state index in [0.29, 0.717) is 6.42 Å². The zero-order valence-electron chi connectivity index (χ0n) is 15.0. The highest BCUT2D eigenvalue weighted by atomic mass is 19.4. The minimum atomic E-state index is -4.51. The first-order valence-corrected chi connectivity index (χ1v) is 8.60. The van der Waals surface area contributed by atoms with Crippen molar-refractivity contribution in [2.24, 2.45) is 0 Å². The second kappa shape index (κ2) is 9.25. The molecule has 0 N–H and O–H groups in total. The van der Waals surface area contributed by atoms with Gasteiger partial charge in [-0.2, -0.15) is 13.2 Å². The van der Waals surface area contributed by atoms with Crippen LogP contribution in [0, 0.1) is 0 Å². The van der Waals surface area contributed by atoms with Gasteiger partial charge >= 0.3 is 12.1 Å². The van der Waals surface area contributed by atoms with Gasteiger partial charge in [0.05, 0.1) is 23.5 Å². The van der Waals surface area contributed by atoms with E-state index in [2.05, 4.69) is 4.74 Å². The first-order chi connectivity index (χ1) is 13.2. The number of esters is 1. The summed E-state index contributed by atoms with van der Waals surface area (Å²) in [5.74, 6) is -0.786. The van der Waals surface area contributed by atoms with Crippen molar-refractivity contribution in [2.75, 3.05) is 6.61 Å². The minimum Gasteiger partial charge on any atom is -0.513 e. The van der Waals surface area contributed by atoms with Crippen LogP contribution in [-0.4, -0.2) is 18.7 Å². The van der Waals surface area contributed by atoms with Crippen LogP contribution >= 0.6 is 0 Å². The fraction of sp³-hybridized carbons (Fsp3) is 0.300. The summed E-state index contributed by atoms with van der Waals surface area (Å²) in [4.78, 5) is 23.0. The van der Waals surface area contributed by atoms with Crippen LogP contribution < -0.4 is 9.84 Å². The summed E-state index contributed by atoms with van der Waals surface area (Å²) in [6, 6.07) is 7.89. The van der Waals surface area contributed by atoms with Gasteiger partial charge in [-0.25, -0.2) is 4.79 Å². The Labute approximate surface area is 159 Å². The van der Waals surface area contributed by atoms with Crippen LogP contribution in [0.4, 0.5) is 18.0 Å². The predicted octanol–water partition coefficient (Wildman–Crippen LogP) is 4.44. The van der Waals surface area contributed by atoms with Crippen LogP contribution in [0.1, 0.15) is 42.1 Å². The summed E-state index contributed by atoms with van der Waals surface area (Å²) in [7, 11) is 0. The van der Waals surface area contributed by atoms with E-state index in [1.54, 1.807) is 0 Å². The van der Waals surface area contributed by atoms with Crippen molar-refractivity contribution in [1.29, 1.82) is 0 Å². The molecule has 0 atom stereocenters. The summed E-state index contributed by atoms with van der Waals surface area (Å²) in [5, 5.41) is 10.8. The summed E-state index contributed by atoms with van der Waals surface area (Å²) in [5.41, 5.74) is -0.368. The Bertz CT molecular complexity index is 829. The zero-order chi connectivity index (χ0) is 20.7. The van der Waals surface area contributed by atoms with Crippen molar-refractivity contribution in [3.8, 4) is 16.9 Å². The van der Waals surface area contributed by atoms with E-state index in [0.717, 1.165) is 37.1 Å². The predicted molar refractivity (Wildman–Crippen MR) is 92.7 cm³/mol. The van der Waals surface area contributed by atoms with Crippen LogP contribution in [0.3, 0.4) is 0 Å². The van der Waals surface area contributed by atoms with Crippen molar-refractivity contribution in [1.82, 2.24) is 0 Å². The molecule has 2 aromatic rings. The van der Waals surface area contributed by atoms with E-state index in [9.17, 15) is 27.9 Å². The average Bonchev–Trinajstić information content (AvgIpc) is 2.64. The molecule has 0 aliphatic rings. The van der Waals surface area contributed by atoms with Crippen molar-refractivity contribution < 1.29 is 37.3 Å². The SMILES string of the molecule is CCCCCOC(=O)c1ccc(OC(=O)[O-])c(-c2ccc(C(F)(F)F)cc2)c1. The Balaban J connectivity index is 2.33. The van der Waals surface area contributed by atoms with Gasteiger partial charge in [0, 0.05) is 5.56 Å². The molecular weight excluding hydrogens is 377 g/mol. The number of alkyl halides is 3. The molecule has 0 aromatic heterocycles. The largest absolute Gasteiger partial charge is 0.513 e. The monoisotopic (exact) mass is 395 g/mol. The van der Waals surface area contributed by atoms with E-state index >= 15 is 0 Å². The molecule has 2 rings (SSSR count). The Morgan fingerprint density at radius 2 is 1.71 bits per heavy atom. The maximum absolute atomic E-state index is 12.7. The molecule has 0 saturated heterocycles. The number of unbranched alkanes of at least 4 members (excludes halogenated alkanes) is 2. The van der Waals surface area contributed by atoms with Crippen LogP contribution in [0.2, 0.25) is 0 Å². The zero-order valence-corrected chi connectivity index (χ0v) is 15.0. The highest BCUT2D eigenvalue weighted by Gasteiger charge is 2.30. The molecule has 0 aliphatic carbocycles. The number of carbonyl (C=O) groups excluding carboxylic acids is 2. The van der Waals surface area contributed by atoms with Crippen LogP contribution in [0.5, 0.6) is 5.75 Å². The van der Waals surface area contributed by atoms with E-state index < -0.39 is 23.9 Å². The lowest BCUT2D eigenvalue weighted by Crippen LogP contribution is -2.26. The second-order valence-corrected chi connectivity index (χ2v) is 5.98. The van der Waals surface area contributed by atoms with Crippen molar-refractivity contribution in [3.63, 3.8) is 0 Å². The van der Waals surface area contributed by atoms with Crippen molar-refractivity contribution in [3.05, 3.63) is 53.6 Å². The molecule has 0 heterocycles. The van der Waals surface area contributed by atoms with E-state index in [1.165, 1.54) is 18.2 Å². The number of halogens is 3. The minimum absolute atomic E-state index is 0.122. The Morgan fingerprint density at radius 3 is 2.29 bits per heavy atom.